The van der Waals surface area contributed by atoms with E-state index in [1.807, 2.05) is 19.9 Å². The van der Waals surface area contributed by atoms with Crippen LogP contribution in [0, 0.1) is 6.92 Å². The van der Waals surface area contributed by atoms with E-state index < -0.39 is 12.0 Å². The van der Waals surface area contributed by atoms with E-state index >= 15 is 0 Å². The van der Waals surface area contributed by atoms with Gasteiger partial charge in [-0.3, -0.25) is 4.79 Å². The summed E-state index contributed by atoms with van der Waals surface area (Å²) in [5.74, 6) is -0.822. The number of aliphatic carboxylic acids is 1. The molecule has 0 aliphatic rings. The molecule has 5 heteroatoms. The third-order valence-corrected chi connectivity index (χ3v) is 4.21. The van der Waals surface area contributed by atoms with E-state index in [0.29, 0.717) is 6.54 Å². The molecule has 1 atom stereocenters. The molecule has 0 fully saturated rings. The molecule has 1 unspecified atom stereocenters. The minimum Gasteiger partial charge on any atom is -0.480 e. The van der Waals surface area contributed by atoms with E-state index in [0.717, 1.165) is 20.6 Å². The first-order valence-corrected chi connectivity index (χ1v) is 6.39. The standard InChI is InChI=1S/C10H14BrNO2S/c1-3-4-12-9(10(13)14)8-5-7(11)6(2)15-8/h5,9,12H,3-4H2,1-2H3,(H,13,14). The van der Waals surface area contributed by atoms with Gasteiger partial charge in [-0.2, -0.15) is 0 Å². The number of carboxylic acids is 1. The molecule has 2 N–H and O–H groups in total. The number of hydrogen-bond acceptors (Lipinski definition) is 3. The largest absolute Gasteiger partial charge is 0.480 e. The lowest BCUT2D eigenvalue weighted by Crippen LogP contribution is -2.28. The van der Waals surface area contributed by atoms with E-state index in [2.05, 4.69) is 21.2 Å². The molecule has 0 spiro atoms. The van der Waals surface area contributed by atoms with Crippen molar-refractivity contribution in [2.45, 2.75) is 26.3 Å². The zero-order valence-corrected chi connectivity index (χ0v) is 11.1. The van der Waals surface area contributed by atoms with Crippen LogP contribution >= 0.6 is 27.3 Å². The average Bonchev–Trinajstić information content (AvgIpc) is 2.47. The zero-order chi connectivity index (χ0) is 11.4. The summed E-state index contributed by atoms with van der Waals surface area (Å²) in [6.45, 7) is 4.70. The summed E-state index contributed by atoms with van der Waals surface area (Å²) in [7, 11) is 0. The van der Waals surface area contributed by atoms with Crippen LogP contribution in [0.3, 0.4) is 0 Å². The number of halogens is 1. The number of carbonyl (C=O) groups is 1. The van der Waals surface area contributed by atoms with Crippen molar-refractivity contribution < 1.29 is 9.90 Å². The Morgan fingerprint density at radius 2 is 2.40 bits per heavy atom. The first-order chi connectivity index (χ1) is 7.06. The minimum atomic E-state index is -0.822. The average molecular weight is 292 g/mol. The van der Waals surface area contributed by atoms with Gasteiger partial charge in [0.25, 0.3) is 0 Å². The number of nitrogens with one attached hydrogen (secondary N) is 1. The fourth-order valence-electron chi connectivity index (χ4n) is 1.22. The maximum atomic E-state index is 11.1. The summed E-state index contributed by atoms with van der Waals surface area (Å²) in [4.78, 5) is 13.0. The van der Waals surface area contributed by atoms with Crippen LogP contribution in [0.5, 0.6) is 0 Å². The fraction of sp³-hybridized carbons (Fsp3) is 0.500. The second-order valence-electron chi connectivity index (χ2n) is 3.28. The van der Waals surface area contributed by atoms with Crippen LogP contribution in [-0.4, -0.2) is 17.6 Å². The molecule has 1 heterocycles. The Morgan fingerprint density at radius 1 is 1.73 bits per heavy atom. The van der Waals surface area contributed by atoms with Crippen LogP contribution in [0.2, 0.25) is 0 Å². The van der Waals surface area contributed by atoms with Crippen molar-refractivity contribution in [1.82, 2.24) is 5.32 Å². The number of carboxylic acid groups (broad SMARTS) is 1. The first-order valence-electron chi connectivity index (χ1n) is 4.78. The van der Waals surface area contributed by atoms with Gasteiger partial charge in [0.1, 0.15) is 6.04 Å². The minimum absolute atomic E-state index is 0.583. The molecule has 3 nitrogen and oxygen atoms in total. The summed E-state index contributed by atoms with van der Waals surface area (Å²) in [5.41, 5.74) is 0. The zero-order valence-electron chi connectivity index (χ0n) is 8.71. The highest BCUT2D eigenvalue weighted by atomic mass is 79.9. The second-order valence-corrected chi connectivity index (χ2v) is 5.42. The van der Waals surface area contributed by atoms with Gasteiger partial charge in [0.2, 0.25) is 0 Å². The smallest absolute Gasteiger partial charge is 0.326 e. The predicted molar refractivity (Wildman–Crippen MR) is 65.4 cm³/mol. The molecule has 1 aromatic heterocycles. The highest BCUT2D eigenvalue weighted by Gasteiger charge is 2.21. The molecule has 1 rings (SSSR count). The van der Waals surface area contributed by atoms with E-state index in [1.54, 1.807) is 0 Å². The summed E-state index contributed by atoms with van der Waals surface area (Å²) < 4.78 is 0.979. The fourth-order valence-corrected chi connectivity index (χ4v) is 2.85. The Bertz CT molecular complexity index is 332. The van der Waals surface area contributed by atoms with Gasteiger partial charge in [-0.25, -0.2) is 0 Å². The van der Waals surface area contributed by atoms with E-state index in [9.17, 15) is 4.79 Å². The van der Waals surface area contributed by atoms with Crippen LogP contribution in [0.25, 0.3) is 0 Å². The van der Waals surface area contributed by atoms with Gasteiger partial charge >= 0.3 is 5.97 Å². The van der Waals surface area contributed by atoms with Crippen molar-refractivity contribution in [3.05, 3.63) is 20.3 Å². The van der Waals surface area contributed by atoms with Gasteiger partial charge < -0.3 is 10.4 Å². The van der Waals surface area contributed by atoms with Crippen molar-refractivity contribution >= 4 is 33.2 Å². The normalized spacial score (nSPS) is 12.7. The second kappa shape index (κ2) is 5.63. The summed E-state index contributed by atoms with van der Waals surface area (Å²) in [6.07, 6.45) is 0.926. The molecule has 0 saturated heterocycles. The molecule has 0 aromatic carbocycles. The Morgan fingerprint density at radius 3 is 2.80 bits per heavy atom. The van der Waals surface area contributed by atoms with Crippen LogP contribution in [0.4, 0.5) is 0 Å². The number of rotatable bonds is 5. The molecule has 0 radical (unpaired) electrons. The summed E-state index contributed by atoms with van der Waals surface area (Å²) >= 11 is 4.90. The molecule has 1 aromatic rings. The molecule has 0 aliphatic heterocycles. The van der Waals surface area contributed by atoms with E-state index in [4.69, 9.17) is 5.11 Å². The van der Waals surface area contributed by atoms with E-state index in [1.165, 1.54) is 11.3 Å². The first kappa shape index (κ1) is 12.7. The monoisotopic (exact) mass is 291 g/mol. The lowest BCUT2D eigenvalue weighted by molar-refractivity contribution is -0.139. The molecular weight excluding hydrogens is 278 g/mol. The topological polar surface area (TPSA) is 49.3 Å². The van der Waals surface area contributed by atoms with Gasteiger partial charge in [0, 0.05) is 14.2 Å². The van der Waals surface area contributed by atoms with E-state index in [-0.39, 0.29) is 0 Å². The molecule has 84 valence electrons. The summed E-state index contributed by atoms with van der Waals surface area (Å²) in [5, 5.41) is 12.1. The quantitative estimate of drug-likeness (QED) is 0.877. The highest BCUT2D eigenvalue weighted by Crippen LogP contribution is 2.30. The van der Waals surface area contributed by atoms with Gasteiger partial charge in [0.05, 0.1) is 0 Å². The van der Waals surface area contributed by atoms with Crippen LogP contribution in [0.15, 0.2) is 10.5 Å². The molecule has 0 amide bonds. The lowest BCUT2D eigenvalue weighted by atomic mass is 10.2. The number of aryl methyl sites for hydroxylation is 1. The number of hydrogen-bond donors (Lipinski definition) is 2. The maximum absolute atomic E-state index is 11.1. The molecule has 0 saturated carbocycles. The van der Waals surface area contributed by atoms with Crippen molar-refractivity contribution in [2.75, 3.05) is 6.54 Å². The number of thiophene rings is 1. The molecule has 15 heavy (non-hydrogen) atoms. The molecule has 0 aliphatic carbocycles. The Labute approximate surface area is 102 Å². The maximum Gasteiger partial charge on any atom is 0.326 e. The highest BCUT2D eigenvalue weighted by molar-refractivity contribution is 9.10. The van der Waals surface area contributed by atoms with Gasteiger partial charge in [0.15, 0.2) is 0 Å². The van der Waals surface area contributed by atoms with Crippen molar-refractivity contribution in [3.8, 4) is 0 Å². The Balaban J connectivity index is 2.84. The van der Waals surface area contributed by atoms with Crippen molar-refractivity contribution in [2.24, 2.45) is 0 Å². The Kier molecular flexibility index (Phi) is 4.76. The van der Waals surface area contributed by atoms with Crippen molar-refractivity contribution in [3.63, 3.8) is 0 Å². The van der Waals surface area contributed by atoms with Crippen molar-refractivity contribution in [1.29, 1.82) is 0 Å². The Hall–Kier alpha value is -0.390. The van der Waals surface area contributed by atoms with Crippen LogP contribution in [-0.2, 0) is 4.79 Å². The van der Waals surface area contributed by atoms with Crippen LogP contribution in [0.1, 0.15) is 29.1 Å². The third kappa shape index (κ3) is 3.29. The van der Waals surface area contributed by atoms with Gasteiger partial charge in [-0.15, -0.1) is 11.3 Å². The van der Waals surface area contributed by atoms with Gasteiger partial charge in [-0.05, 0) is 41.9 Å². The third-order valence-electron chi connectivity index (χ3n) is 2.01. The molecule has 0 bridgehead atoms. The van der Waals surface area contributed by atoms with Gasteiger partial charge in [-0.1, -0.05) is 6.92 Å². The van der Waals surface area contributed by atoms with Crippen LogP contribution < -0.4 is 5.32 Å². The predicted octanol–water partition coefficient (Wildman–Crippen LogP) is 2.94. The molecular formula is C10H14BrNO2S. The lowest BCUT2D eigenvalue weighted by Gasteiger charge is -2.11. The summed E-state index contributed by atoms with van der Waals surface area (Å²) in [6, 6.07) is 1.29. The SMILES string of the molecule is CCCNC(C(=O)O)c1cc(Br)c(C)s1.